The van der Waals surface area contributed by atoms with Gasteiger partial charge in [-0.1, -0.05) is 27.5 Å². The second kappa shape index (κ2) is 4.49. The molecule has 0 fully saturated rings. The smallest absolute Gasteiger partial charge is 0.209 e. The van der Waals surface area contributed by atoms with E-state index in [9.17, 15) is 17.6 Å². The highest BCUT2D eigenvalue weighted by atomic mass is 79.9. The largest absolute Gasteiger partial charge is 0.255 e. The predicted octanol–water partition coefficient (Wildman–Crippen LogP) is 4.32. The van der Waals surface area contributed by atoms with Crippen molar-refractivity contribution in [3.05, 3.63) is 34.4 Å². The topological polar surface area (TPSA) is 0 Å². The van der Waals surface area contributed by atoms with Crippen LogP contribution in [0.25, 0.3) is 0 Å². The monoisotopic (exact) mass is 290 g/mol. The molecule has 0 saturated heterocycles. The van der Waals surface area contributed by atoms with Gasteiger partial charge in [0.05, 0.1) is 0 Å². The second-order valence-corrected chi connectivity index (χ2v) is 3.92. The van der Waals surface area contributed by atoms with E-state index >= 15 is 0 Å². The average Bonchev–Trinajstić information content (AvgIpc) is 2.10. The highest BCUT2D eigenvalue weighted by Gasteiger charge is 2.23. The van der Waals surface area contributed by atoms with Crippen molar-refractivity contribution in [3.8, 4) is 0 Å². The van der Waals surface area contributed by atoms with Crippen LogP contribution in [0, 0.1) is 11.6 Å². The number of hydrogen-bond donors (Lipinski definition) is 0. The lowest BCUT2D eigenvalue weighted by atomic mass is 10.1. The van der Waals surface area contributed by atoms with E-state index in [1.165, 1.54) is 0 Å². The summed E-state index contributed by atoms with van der Waals surface area (Å²) in [5.74, 6) is -2.36. The Morgan fingerprint density at radius 1 is 1.14 bits per heavy atom. The van der Waals surface area contributed by atoms with Crippen molar-refractivity contribution in [1.29, 1.82) is 0 Å². The summed E-state index contributed by atoms with van der Waals surface area (Å²) in [6.45, 7) is 0. The zero-order valence-corrected chi connectivity index (χ0v) is 8.92. The second-order valence-electron chi connectivity index (χ2n) is 2.52. The third-order valence-corrected chi connectivity index (χ3v) is 2.78. The zero-order chi connectivity index (χ0) is 10.9. The molecule has 78 valence electrons. The summed E-state index contributed by atoms with van der Waals surface area (Å²) in [5, 5.41) is -0.230. The molecule has 0 saturated carbocycles. The van der Waals surface area contributed by atoms with E-state index in [1.807, 2.05) is 0 Å². The zero-order valence-electron chi connectivity index (χ0n) is 6.58. The molecule has 0 radical (unpaired) electrons. The molecule has 0 nitrogen and oxygen atoms in total. The van der Waals surface area contributed by atoms with Gasteiger partial charge in [0.15, 0.2) is 11.6 Å². The summed E-state index contributed by atoms with van der Waals surface area (Å²) in [6.07, 6.45) is -2.74. The summed E-state index contributed by atoms with van der Waals surface area (Å²) >= 11 is 8.11. The molecule has 0 aromatic heterocycles. The molecule has 0 amide bonds. The number of rotatable bonds is 2. The fourth-order valence-corrected chi connectivity index (χ4v) is 1.66. The molecule has 0 bridgehead atoms. The maximum Gasteiger partial charge on any atom is 0.255 e. The highest BCUT2D eigenvalue weighted by molar-refractivity contribution is 9.09. The SMILES string of the molecule is Fc1cc(Cl)c(C(Br)C(F)F)cc1F. The Morgan fingerprint density at radius 2 is 1.64 bits per heavy atom. The van der Waals surface area contributed by atoms with Crippen molar-refractivity contribution < 1.29 is 17.6 Å². The van der Waals surface area contributed by atoms with Crippen LogP contribution < -0.4 is 0 Å². The molecule has 1 aromatic carbocycles. The quantitative estimate of drug-likeness (QED) is 0.432. The Kier molecular flexibility index (Phi) is 3.78. The maximum atomic E-state index is 12.7. The molecule has 0 heterocycles. The van der Waals surface area contributed by atoms with Gasteiger partial charge in [0.25, 0.3) is 6.43 Å². The normalized spacial score (nSPS) is 13.4. The van der Waals surface area contributed by atoms with Gasteiger partial charge < -0.3 is 0 Å². The standard InChI is InChI=1S/C8H4BrClF4/c9-7(8(13)14)3-1-5(11)6(12)2-4(3)10/h1-2,7-8H. The van der Waals surface area contributed by atoms with Crippen molar-refractivity contribution in [3.63, 3.8) is 0 Å². The van der Waals surface area contributed by atoms with Gasteiger partial charge in [-0.25, -0.2) is 17.6 Å². The maximum absolute atomic E-state index is 12.7. The van der Waals surface area contributed by atoms with E-state index < -0.39 is 22.9 Å². The van der Waals surface area contributed by atoms with E-state index in [0.717, 1.165) is 0 Å². The van der Waals surface area contributed by atoms with Crippen LogP contribution in [0.1, 0.15) is 10.4 Å². The van der Waals surface area contributed by atoms with E-state index in [-0.39, 0.29) is 10.6 Å². The van der Waals surface area contributed by atoms with Gasteiger partial charge in [0.1, 0.15) is 4.83 Å². The van der Waals surface area contributed by atoms with Crippen LogP contribution in [0.3, 0.4) is 0 Å². The lowest BCUT2D eigenvalue weighted by Gasteiger charge is -2.11. The molecule has 6 heteroatoms. The molecule has 1 rings (SSSR count). The van der Waals surface area contributed by atoms with Crippen LogP contribution >= 0.6 is 27.5 Å². The Hall–Kier alpha value is -0.290. The molecule has 1 unspecified atom stereocenters. The summed E-state index contributed by atoms with van der Waals surface area (Å²) < 4.78 is 49.7. The van der Waals surface area contributed by atoms with E-state index in [1.54, 1.807) is 0 Å². The fraction of sp³-hybridized carbons (Fsp3) is 0.250. The fourth-order valence-electron chi connectivity index (χ4n) is 0.885. The first-order chi connectivity index (χ1) is 6.43. The van der Waals surface area contributed by atoms with Gasteiger partial charge in [0.2, 0.25) is 0 Å². The third-order valence-electron chi connectivity index (χ3n) is 1.56. The summed E-state index contributed by atoms with van der Waals surface area (Å²) in [5.41, 5.74) is -0.166. The molecule has 0 N–H and O–H groups in total. The Balaban J connectivity index is 3.15. The molecule has 0 aliphatic carbocycles. The van der Waals surface area contributed by atoms with E-state index in [0.29, 0.717) is 12.1 Å². The van der Waals surface area contributed by atoms with Crippen LogP contribution in [0.4, 0.5) is 17.6 Å². The first kappa shape index (κ1) is 11.8. The van der Waals surface area contributed by atoms with Crippen molar-refractivity contribution in [1.82, 2.24) is 0 Å². The van der Waals surface area contributed by atoms with E-state index in [4.69, 9.17) is 11.6 Å². The van der Waals surface area contributed by atoms with Gasteiger partial charge in [-0.2, -0.15) is 0 Å². The summed E-state index contributed by atoms with van der Waals surface area (Å²) in [6, 6.07) is 1.33. The number of benzene rings is 1. The lowest BCUT2D eigenvalue weighted by Crippen LogP contribution is -2.03. The third kappa shape index (κ3) is 2.39. The lowest BCUT2D eigenvalue weighted by molar-refractivity contribution is 0.147. The minimum absolute atomic E-state index is 0.166. The molecular formula is C8H4BrClF4. The molecule has 0 aliphatic rings. The van der Waals surface area contributed by atoms with Gasteiger partial charge in [0, 0.05) is 5.02 Å². The van der Waals surface area contributed by atoms with Gasteiger partial charge >= 0.3 is 0 Å². The van der Waals surface area contributed by atoms with Crippen LogP contribution in [0.2, 0.25) is 5.02 Å². The molecule has 0 aliphatic heterocycles. The first-order valence-electron chi connectivity index (χ1n) is 3.50. The van der Waals surface area contributed by atoms with Gasteiger partial charge in [-0.3, -0.25) is 0 Å². The minimum Gasteiger partial charge on any atom is -0.209 e. The molecule has 0 spiro atoms. The Labute approximate surface area is 91.0 Å². The Bertz CT molecular complexity index is 342. The van der Waals surface area contributed by atoms with E-state index in [2.05, 4.69) is 15.9 Å². The number of halogens is 6. The summed E-state index contributed by atoms with van der Waals surface area (Å²) in [7, 11) is 0. The first-order valence-corrected chi connectivity index (χ1v) is 4.79. The summed E-state index contributed by atoms with van der Waals surface area (Å²) in [4.78, 5) is -1.40. The highest BCUT2D eigenvalue weighted by Crippen LogP contribution is 2.35. The van der Waals surface area contributed by atoms with Crippen LogP contribution in [-0.2, 0) is 0 Å². The van der Waals surface area contributed by atoms with Gasteiger partial charge in [-0.05, 0) is 17.7 Å². The van der Waals surface area contributed by atoms with Crippen molar-refractivity contribution in [2.24, 2.45) is 0 Å². The minimum atomic E-state index is -2.74. The number of hydrogen-bond acceptors (Lipinski definition) is 0. The molecular weight excluding hydrogens is 287 g/mol. The average molecular weight is 291 g/mol. The molecule has 14 heavy (non-hydrogen) atoms. The van der Waals surface area contributed by atoms with Crippen molar-refractivity contribution in [2.45, 2.75) is 11.3 Å². The van der Waals surface area contributed by atoms with Crippen LogP contribution in [-0.4, -0.2) is 6.43 Å². The molecule has 1 aromatic rings. The predicted molar refractivity (Wildman–Crippen MR) is 49.0 cm³/mol. The Morgan fingerprint density at radius 3 is 2.14 bits per heavy atom. The van der Waals surface area contributed by atoms with Gasteiger partial charge in [-0.15, -0.1) is 0 Å². The number of alkyl halides is 3. The van der Waals surface area contributed by atoms with Crippen molar-refractivity contribution in [2.75, 3.05) is 0 Å². The van der Waals surface area contributed by atoms with Crippen molar-refractivity contribution >= 4 is 27.5 Å². The van der Waals surface area contributed by atoms with Crippen LogP contribution in [0.15, 0.2) is 12.1 Å². The molecule has 1 atom stereocenters. The van der Waals surface area contributed by atoms with Crippen LogP contribution in [0.5, 0.6) is 0 Å².